The van der Waals surface area contributed by atoms with Crippen LogP contribution in [0.25, 0.3) is 0 Å². The Labute approximate surface area is 71.5 Å². The lowest BCUT2D eigenvalue weighted by molar-refractivity contribution is 0.143. The normalized spacial score (nSPS) is 12.5. The third-order valence-electron chi connectivity index (χ3n) is 1.67. The molecule has 0 saturated heterocycles. The van der Waals surface area contributed by atoms with Gasteiger partial charge in [-0.15, -0.1) is 6.58 Å². The predicted molar refractivity (Wildman–Crippen MR) is 46.3 cm³/mol. The Hall–Kier alpha value is -1.15. The second kappa shape index (κ2) is 4.02. The summed E-state index contributed by atoms with van der Waals surface area (Å²) in [6.45, 7) is 3.61. The second-order valence-corrected chi connectivity index (χ2v) is 2.44. The molecule has 1 unspecified atom stereocenters. The molecule has 0 aliphatic rings. The molecule has 0 spiro atoms. The number of ether oxygens (including phenoxy) is 1. The van der Waals surface area contributed by atoms with Gasteiger partial charge in [0, 0.05) is 7.11 Å². The summed E-state index contributed by atoms with van der Waals surface area (Å²) in [5, 5.41) is 0. The molecule has 0 aliphatic heterocycles. The average molecular weight is 166 g/mol. The van der Waals surface area contributed by atoms with Gasteiger partial charge in [-0.25, -0.2) is 4.39 Å². The maximum Gasteiger partial charge on any atom is 0.123 e. The number of benzene rings is 1. The number of rotatable bonds is 3. The molecule has 1 rings (SSSR count). The Morgan fingerprint density at radius 3 is 2.42 bits per heavy atom. The van der Waals surface area contributed by atoms with Crippen LogP contribution in [0.15, 0.2) is 36.9 Å². The number of hydrogen-bond donors (Lipinski definition) is 0. The molecule has 0 bridgehead atoms. The molecule has 0 fully saturated rings. The summed E-state index contributed by atoms with van der Waals surface area (Å²) in [5.41, 5.74) is 0.911. The molecule has 1 nitrogen and oxygen atoms in total. The lowest BCUT2D eigenvalue weighted by Crippen LogP contribution is -1.96. The summed E-state index contributed by atoms with van der Waals surface area (Å²) in [5.74, 6) is -0.238. The van der Waals surface area contributed by atoms with Gasteiger partial charge in [-0.1, -0.05) is 18.2 Å². The molecule has 2 heteroatoms. The summed E-state index contributed by atoms with van der Waals surface area (Å²) < 4.78 is 17.6. The van der Waals surface area contributed by atoms with E-state index in [-0.39, 0.29) is 11.9 Å². The smallest absolute Gasteiger partial charge is 0.123 e. The third-order valence-corrected chi connectivity index (χ3v) is 1.67. The second-order valence-electron chi connectivity index (χ2n) is 2.44. The van der Waals surface area contributed by atoms with Crippen LogP contribution in [0.4, 0.5) is 4.39 Å². The summed E-state index contributed by atoms with van der Waals surface area (Å²) in [6.07, 6.45) is 1.53. The van der Waals surface area contributed by atoms with Crippen LogP contribution >= 0.6 is 0 Å². The van der Waals surface area contributed by atoms with Gasteiger partial charge < -0.3 is 4.74 Å². The fourth-order valence-corrected chi connectivity index (χ4v) is 1.02. The maximum absolute atomic E-state index is 12.5. The molecule has 0 amide bonds. The van der Waals surface area contributed by atoms with E-state index in [0.29, 0.717) is 0 Å². The molecule has 0 radical (unpaired) electrons. The van der Waals surface area contributed by atoms with Crippen LogP contribution in [0.2, 0.25) is 0 Å². The highest BCUT2D eigenvalue weighted by Gasteiger charge is 2.04. The number of methoxy groups -OCH3 is 1. The molecule has 1 atom stereocenters. The minimum Gasteiger partial charge on any atom is -0.373 e. The van der Waals surface area contributed by atoms with Crippen molar-refractivity contribution in [2.45, 2.75) is 6.10 Å². The van der Waals surface area contributed by atoms with E-state index in [4.69, 9.17) is 4.74 Å². The van der Waals surface area contributed by atoms with E-state index >= 15 is 0 Å². The third kappa shape index (κ3) is 1.92. The first-order chi connectivity index (χ1) is 5.77. The van der Waals surface area contributed by atoms with Crippen LogP contribution in [-0.2, 0) is 4.74 Å². The van der Waals surface area contributed by atoms with Crippen LogP contribution in [0.5, 0.6) is 0 Å². The molecule has 64 valence electrons. The van der Waals surface area contributed by atoms with E-state index < -0.39 is 0 Å². The van der Waals surface area contributed by atoms with Crippen molar-refractivity contribution in [3.8, 4) is 0 Å². The van der Waals surface area contributed by atoms with Gasteiger partial charge in [-0.05, 0) is 17.7 Å². The zero-order chi connectivity index (χ0) is 8.97. The Balaban J connectivity index is 2.87. The van der Waals surface area contributed by atoms with Crippen molar-refractivity contribution < 1.29 is 9.13 Å². The molecule has 0 aromatic heterocycles. The molecule has 0 aliphatic carbocycles. The van der Waals surface area contributed by atoms with Gasteiger partial charge >= 0.3 is 0 Å². The molecule has 0 heterocycles. The molecule has 0 N–H and O–H groups in total. The molecular weight excluding hydrogens is 155 g/mol. The van der Waals surface area contributed by atoms with Crippen LogP contribution in [0.1, 0.15) is 11.7 Å². The molecule has 1 aromatic rings. The maximum atomic E-state index is 12.5. The summed E-state index contributed by atoms with van der Waals surface area (Å²) >= 11 is 0. The van der Waals surface area contributed by atoms with Crippen LogP contribution in [0.3, 0.4) is 0 Å². The fourth-order valence-electron chi connectivity index (χ4n) is 1.02. The highest BCUT2D eigenvalue weighted by Crippen LogP contribution is 2.17. The van der Waals surface area contributed by atoms with Gasteiger partial charge in [0.1, 0.15) is 5.82 Å². The highest BCUT2D eigenvalue weighted by atomic mass is 19.1. The topological polar surface area (TPSA) is 9.23 Å². The standard InChI is InChI=1S/C10H11FO/c1-3-10(12-2)8-4-6-9(11)7-5-8/h3-7,10H,1H2,2H3. The quantitative estimate of drug-likeness (QED) is 0.627. The van der Waals surface area contributed by atoms with Crippen LogP contribution in [0, 0.1) is 5.82 Å². The monoisotopic (exact) mass is 166 g/mol. The summed E-state index contributed by atoms with van der Waals surface area (Å²) in [6, 6.07) is 6.19. The fraction of sp³-hybridized carbons (Fsp3) is 0.200. The zero-order valence-corrected chi connectivity index (χ0v) is 6.96. The van der Waals surface area contributed by atoms with E-state index in [1.165, 1.54) is 12.1 Å². The summed E-state index contributed by atoms with van der Waals surface area (Å²) in [4.78, 5) is 0. The SMILES string of the molecule is C=CC(OC)c1ccc(F)cc1. The first kappa shape index (κ1) is 8.94. The van der Waals surface area contributed by atoms with Crippen molar-refractivity contribution in [1.29, 1.82) is 0 Å². The zero-order valence-electron chi connectivity index (χ0n) is 6.96. The van der Waals surface area contributed by atoms with Crippen molar-refractivity contribution >= 4 is 0 Å². The Bertz CT molecular complexity index is 253. The lowest BCUT2D eigenvalue weighted by atomic mass is 10.1. The minimum absolute atomic E-state index is 0.148. The van der Waals surface area contributed by atoms with Gasteiger partial charge in [0.25, 0.3) is 0 Å². The van der Waals surface area contributed by atoms with Crippen molar-refractivity contribution in [3.05, 3.63) is 48.3 Å². The Morgan fingerprint density at radius 2 is 2.00 bits per heavy atom. The van der Waals surface area contributed by atoms with Gasteiger partial charge in [-0.3, -0.25) is 0 Å². The van der Waals surface area contributed by atoms with Crippen molar-refractivity contribution in [2.24, 2.45) is 0 Å². The van der Waals surface area contributed by atoms with Gasteiger partial charge in [0.15, 0.2) is 0 Å². The largest absolute Gasteiger partial charge is 0.373 e. The van der Waals surface area contributed by atoms with Gasteiger partial charge in [-0.2, -0.15) is 0 Å². The van der Waals surface area contributed by atoms with Crippen LogP contribution < -0.4 is 0 Å². The van der Waals surface area contributed by atoms with E-state index in [0.717, 1.165) is 5.56 Å². The summed E-state index contributed by atoms with van der Waals surface area (Å²) in [7, 11) is 1.59. The van der Waals surface area contributed by atoms with Gasteiger partial charge in [0.2, 0.25) is 0 Å². The van der Waals surface area contributed by atoms with E-state index in [1.807, 2.05) is 0 Å². The first-order valence-electron chi connectivity index (χ1n) is 3.68. The molecular formula is C10H11FO. The average Bonchev–Trinajstić information content (AvgIpc) is 2.10. The number of hydrogen-bond acceptors (Lipinski definition) is 1. The lowest BCUT2D eigenvalue weighted by Gasteiger charge is -2.09. The van der Waals surface area contributed by atoms with E-state index in [1.54, 1.807) is 25.3 Å². The Kier molecular flexibility index (Phi) is 3.00. The number of halogens is 1. The molecule has 12 heavy (non-hydrogen) atoms. The Morgan fingerprint density at radius 1 is 1.42 bits per heavy atom. The minimum atomic E-state index is -0.238. The highest BCUT2D eigenvalue weighted by molar-refractivity contribution is 5.21. The van der Waals surface area contributed by atoms with Crippen LogP contribution in [-0.4, -0.2) is 7.11 Å². The van der Waals surface area contributed by atoms with E-state index in [9.17, 15) is 4.39 Å². The predicted octanol–water partition coefficient (Wildman–Crippen LogP) is 2.70. The van der Waals surface area contributed by atoms with Gasteiger partial charge in [0.05, 0.1) is 6.10 Å². The van der Waals surface area contributed by atoms with Crippen molar-refractivity contribution in [2.75, 3.05) is 7.11 Å². The van der Waals surface area contributed by atoms with Crippen molar-refractivity contribution in [1.82, 2.24) is 0 Å². The first-order valence-corrected chi connectivity index (χ1v) is 3.68. The van der Waals surface area contributed by atoms with Crippen molar-refractivity contribution in [3.63, 3.8) is 0 Å². The van der Waals surface area contributed by atoms with E-state index in [2.05, 4.69) is 6.58 Å². The molecule has 0 saturated carbocycles. The molecule has 1 aromatic carbocycles.